The number of ether oxygens (including phenoxy) is 2. The van der Waals surface area contributed by atoms with Crippen LogP contribution in [0.25, 0.3) is 0 Å². The monoisotopic (exact) mass is 314 g/mol. The molecular weight excluding hydrogens is 296 g/mol. The Bertz CT molecular complexity index is 700. The molecule has 0 atom stereocenters. The Morgan fingerprint density at radius 2 is 1.74 bits per heavy atom. The topological polar surface area (TPSA) is 76.7 Å². The first kappa shape index (κ1) is 16.4. The zero-order valence-electron chi connectivity index (χ0n) is 13.0. The number of hydrazine groups is 1. The van der Waals surface area contributed by atoms with Gasteiger partial charge in [-0.25, -0.2) is 0 Å². The molecule has 0 aliphatic heterocycles. The maximum absolute atomic E-state index is 11.9. The minimum Gasteiger partial charge on any atom is -0.497 e. The molecule has 23 heavy (non-hydrogen) atoms. The highest BCUT2D eigenvalue weighted by atomic mass is 16.5. The van der Waals surface area contributed by atoms with Crippen LogP contribution in [0.4, 0.5) is 0 Å². The van der Waals surface area contributed by atoms with Gasteiger partial charge in [-0.05, 0) is 42.8 Å². The van der Waals surface area contributed by atoms with Crippen LogP contribution in [0.3, 0.4) is 0 Å². The number of carbonyl (C=O) groups is 2. The summed E-state index contributed by atoms with van der Waals surface area (Å²) in [6.45, 7) is 1.74. The van der Waals surface area contributed by atoms with Gasteiger partial charge in [-0.15, -0.1) is 0 Å². The van der Waals surface area contributed by atoms with E-state index in [1.165, 1.54) is 7.11 Å². The first-order chi connectivity index (χ1) is 11.1. The van der Waals surface area contributed by atoms with Crippen LogP contribution in [-0.4, -0.2) is 25.5 Å². The molecule has 6 nitrogen and oxygen atoms in total. The largest absolute Gasteiger partial charge is 0.497 e. The van der Waals surface area contributed by atoms with Crippen LogP contribution in [-0.2, 0) is 4.79 Å². The predicted molar refractivity (Wildman–Crippen MR) is 85.3 cm³/mol. The maximum Gasteiger partial charge on any atom is 0.276 e. The molecule has 2 N–H and O–H groups in total. The van der Waals surface area contributed by atoms with E-state index in [1.54, 1.807) is 30.3 Å². The summed E-state index contributed by atoms with van der Waals surface area (Å²) in [5.74, 6) is 0.265. The molecule has 0 aliphatic carbocycles. The summed E-state index contributed by atoms with van der Waals surface area (Å²) in [4.78, 5) is 23.6. The van der Waals surface area contributed by atoms with Gasteiger partial charge in [0.1, 0.15) is 11.5 Å². The average molecular weight is 314 g/mol. The molecule has 0 aromatic heterocycles. The average Bonchev–Trinajstić information content (AvgIpc) is 2.58. The second-order valence-electron chi connectivity index (χ2n) is 4.84. The molecular formula is C17H18N2O4. The second kappa shape index (κ2) is 7.84. The van der Waals surface area contributed by atoms with Crippen molar-refractivity contribution in [2.75, 3.05) is 13.7 Å². The molecule has 2 aromatic carbocycles. The van der Waals surface area contributed by atoms with Crippen molar-refractivity contribution < 1.29 is 19.1 Å². The standard InChI is InChI=1S/C17H18N2O4/c1-12-5-3-8-15(9-12)23-11-16(20)18-19-17(21)13-6-4-7-14(10-13)22-2/h3-10H,11H2,1-2H3,(H,18,20)(H,19,21). The van der Waals surface area contributed by atoms with Gasteiger partial charge in [0.25, 0.3) is 11.8 Å². The first-order valence-electron chi connectivity index (χ1n) is 7.01. The van der Waals surface area contributed by atoms with Crippen molar-refractivity contribution in [2.45, 2.75) is 6.92 Å². The van der Waals surface area contributed by atoms with E-state index < -0.39 is 11.8 Å². The molecule has 2 rings (SSSR count). The van der Waals surface area contributed by atoms with Crippen molar-refractivity contribution in [2.24, 2.45) is 0 Å². The van der Waals surface area contributed by atoms with Crippen molar-refractivity contribution in [1.82, 2.24) is 10.9 Å². The highest BCUT2D eigenvalue weighted by Gasteiger charge is 2.08. The highest BCUT2D eigenvalue weighted by Crippen LogP contribution is 2.12. The molecule has 6 heteroatoms. The van der Waals surface area contributed by atoms with Crippen LogP contribution in [0.5, 0.6) is 11.5 Å². The fourth-order valence-corrected chi connectivity index (χ4v) is 1.85. The SMILES string of the molecule is COc1cccc(C(=O)NNC(=O)COc2cccc(C)c2)c1. The van der Waals surface area contributed by atoms with Crippen LogP contribution < -0.4 is 20.3 Å². The number of aryl methyl sites for hydroxylation is 1. The van der Waals surface area contributed by atoms with E-state index in [0.717, 1.165) is 5.56 Å². The fourth-order valence-electron chi connectivity index (χ4n) is 1.85. The van der Waals surface area contributed by atoms with Crippen LogP contribution in [0, 0.1) is 6.92 Å². The van der Waals surface area contributed by atoms with Gasteiger partial charge in [0.2, 0.25) is 0 Å². The lowest BCUT2D eigenvalue weighted by Gasteiger charge is -2.09. The summed E-state index contributed by atoms with van der Waals surface area (Å²) < 4.78 is 10.4. The second-order valence-corrected chi connectivity index (χ2v) is 4.84. The molecule has 0 fully saturated rings. The minimum absolute atomic E-state index is 0.193. The van der Waals surface area contributed by atoms with Gasteiger partial charge in [0.15, 0.2) is 6.61 Å². The summed E-state index contributed by atoms with van der Waals surface area (Å²) >= 11 is 0. The number of methoxy groups -OCH3 is 1. The van der Waals surface area contributed by atoms with E-state index in [4.69, 9.17) is 9.47 Å². The normalized spacial score (nSPS) is 9.83. The molecule has 0 aliphatic rings. The minimum atomic E-state index is -0.456. The van der Waals surface area contributed by atoms with Crippen LogP contribution >= 0.6 is 0 Å². The van der Waals surface area contributed by atoms with Crippen LogP contribution in [0.2, 0.25) is 0 Å². The van der Waals surface area contributed by atoms with E-state index in [0.29, 0.717) is 17.1 Å². The summed E-state index contributed by atoms with van der Waals surface area (Å²) in [7, 11) is 1.52. The summed E-state index contributed by atoms with van der Waals surface area (Å²) in [6, 6.07) is 14.0. The fraction of sp³-hybridized carbons (Fsp3) is 0.176. The number of hydrogen-bond acceptors (Lipinski definition) is 4. The van der Waals surface area contributed by atoms with Crippen molar-refractivity contribution in [1.29, 1.82) is 0 Å². The smallest absolute Gasteiger partial charge is 0.276 e. The molecule has 0 saturated carbocycles. The number of hydrogen-bond donors (Lipinski definition) is 2. The van der Waals surface area contributed by atoms with Gasteiger partial charge in [-0.3, -0.25) is 20.4 Å². The number of rotatable bonds is 5. The highest BCUT2D eigenvalue weighted by molar-refractivity contribution is 5.95. The molecule has 0 spiro atoms. The zero-order valence-corrected chi connectivity index (χ0v) is 13.0. The number of carbonyl (C=O) groups excluding carboxylic acids is 2. The van der Waals surface area contributed by atoms with Crippen molar-refractivity contribution in [3.8, 4) is 11.5 Å². The molecule has 0 heterocycles. The van der Waals surface area contributed by atoms with Gasteiger partial charge in [0.05, 0.1) is 7.11 Å². The Morgan fingerprint density at radius 3 is 2.48 bits per heavy atom. The molecule has 0 radical (unpaired) electrons. The van der Waals surface area contributed by atoms with Gasteiger partial charge >= 0.3 is 0 Å². The predicted octanol–water partition coefficient (Wildman–Crippen LogP) is 1.84. The van der Waals surface area contributed by atoms with Gasteiger partial charge in [-0.1, -0.05) is 18.2 Å². The zero-order chi connectivity index (χ0) is 16.7. The summed E-state index contributed by atoms with van der Waals surface area (Å²) in [6.07, 6.45) is 0. The Labute approximate surface area is 134 Å². The van der Waals surface area contributed by atoms with Crippen LogP contribution in [0.1, 0.15) is 15.9 Å². The number of benzene rings is 2. The molecule has 0 saturated heterocycles. The molecule has 0 unspecified atom stereocenters. The Kier molecular flexibility index (Phi) is 5.57. The Hall–Kier alpha value is -3.02. The van der Waals surface area contributed by atoms with E-state index >= 15 is 0 Å². The molecule has 2 amide bonds. The summed E-state index contributed by atoms with van der Waals surface area (Å²) in [5, 5.41) is 0. The maximum atomic E-state index is 11.9. The quantitative estimate of drug-likeness (QED) is 0.826. The third-order valence-corrected chi connectivity index (χ3v) is 3.01. The van der Waals surface area contributed by atoms with Crippen molar-refractivity contribution >= 4 is 11.8 Å². The third kappa shape index (κ3) is 5.03. The Balaban J connectivity index is 1.80. The van der Waals surface area contributed by atoms with Crippen molar-refractivity contribution in [3.63, 3.8) is 0 Å². The van der Waals surface area contributed by atoms with Gasteiger partial charge in [-0.2, -0.15) is 0 Å². The lowest BCUT2D eigenvalue weighted by molar-refractivity contribution is -0.123. The van der Waals surface area contributed by atoms with E-state index in [-0.39, 0.29) is 6.61 Å². The van der Waals surface area contributed by atoms with E-state index in [1.807, 2.05) is 25.1 Å². The van der Waals surface area contributed by atoms with Crippen LogP contribution in [0.15, 0.2) is 48.5 Å². The van der Waals surface area contributed by atoms with E-state index in [9.17, 15) is 9.59 Å². The molecule has 2 aromatic rings. The van der Waals surface area contributed by atoms with Gasteiger partial charge < -0.3 is 9.47 Å². The Morgan fingerprint density at radius 1 is 1.00 bits per heavy atom. The van der Waals surface area contributed by atoms with Crippen molar-refractivity contribution in [3.05, 3.63) is 59.7 Å². The summed E-state index contributed by atoms with van der Waals surface area (Å²) in [5.41, 5.74) is 6.04. The lowest BCUT2D eigenvalue weighted by atomic mass is 10.2. The first-order valence-corrected chi connectivity index (χ1v) is 7.01. The third-order valence-electron chi connectivity index (χ3n) is 3.01. The lowest BCUT2D eigenvalue weighted by Crippen LogP contribution is -2.43. The number of amides is 2. The number of nitrogens with one attached hydrogen (secondary N) is 2. The van der Waals surface area contributed by atoms with Gasteiger partial charge in [0, 0.05) is 5.56 Å². The van der Waals surface area contributed by atoms with E-state index in [2.05, 4.69) is 10.9 Å². The molecule has 120 valence electrons. The molecule has 0 bridgehead atoms.